The molecular formula is C14H21NO5S. The van der Waals surface area contributed by atoms with E-state index >= 15 is 0 Å². The molecule has 0 spiro atoms. The van der Waals surface area contributed by atoms with Crippen molar-refractivity contribution in [2.75, 3.05) is 0 Å². The summed E-state index contributed by atoms with van der Waals surface area (Å²) in [5.41, 5.74) is 0.890. The minimum Gasteiger partial charge on any atom is -0.441 e. The number of carbonyl (C=O) groups is 1. The summed E-state index contributed by atoms with van der Waals surface area (Å²) in [5.74, 6) is 0. The van der Waals surface area contributed by atoms with Crippen LogP contribution in [0.25, 0.3) is 0 Å². The number of benzene rings is 1. The molecular weight excluding hydrogens is 294 g/mol. The molecule has 0 fully saturated rings. The highest BCUT2D eigenvalue weighted by Crippen LogP contribution is 2.25. The number of aryl methyl sites for hydroxylation is 3. The molecule has 0 unspecified atom stereocenters. The van der Waals surface area contributed by atoms with Crippen molar-refractivity contribution in [2.24, 2.45) is 0 Å². The Balaban J connectivity index is 3.27. The van der Waals surface area contributed by atoms with Crippen LogP contribution in [-0.2, 0) is 14.8 Å². The molecule has 1 amide bonds. The Morgan fingerprint density at radius 2 is 1.57 bits per heavy atom. The summed E-state index contributed by atoms with van der Waals surface area (Å²) in [4.78, 5) is 11.6. The van der Waals surface area contributed by atoms with Gasteiger partial charge in [0.05, 0.1) is 4.90 Å². The number of hydrogen-bond acceptors (Lipinski definition) is 5. The zero-order chi connectivity index (χ0) is 16.6. The lowest BCUT2D eigenvalue weighted by atomic mass is 10.1. The lowest BCUT2D eigenvalue weighted by Gasteiger charge is -2.23. The molecule has 0 radical (unpaired) electrons. The summed E-state index contributed by atoms with van der Waals surface area (Å²) in [7, 11) is -4.37. The molecule has 1 N–H and O–H groups in total. The van der Waals surface area contributed by atoms with Gasteiger partial charge in [0.2, 0.25) is 0 Å². The summed E-state index contributed by atoms with van der Waals surface area (Å²) in [6, 6.07) is 3.34. The maximum Gasteiger partial charge on any atom is 0.449 e. The van der Waals surface area contributed by atoms with E-state index in [1.165, 1.54) is 0 Å². The second kappa shape index (κ2) is 5.65. The van der Waals surface area contributed by atoms with E-state index in [9.17, 15) is 18.4 Å². The molecule has 1 rings (SSSR count). The maximum absolute atomic E-state index is 12.4. The number of hydroxylamine groups is 1. The standard InChI is InChI=1S/C14H21NO5S/c1-9-7-10(2)12(11(3)8-9)21(18,19)15(17)13(16)20-14(4,5)6/h7-8,17H,1-6H3. The summed E-state index contributed by atoms with van der Waals surface area (Å²) >= 11 is 0. The molecule has 0 aromatic heterocycles. The Kier molecular flexibility index (Phi) is 4.70. The van der Waals surface area contributed by atoms with Crippen LogP contribution in [0.15, 0.2) is 17.0 Å². The third kappa shape index (κ3) is 3.95. The highest BCUT2D eigenvalue weighted by molar-refractivity contribution is 7.89. The molecule has 0 saturated carbocycles. The van der Waals surface area contributed by atoms with Gasteiger partial charge in [0.25, 0.3) is 10.0 Å². The van der Waals surface area contributed by atoms with Crippen molar-refractivity contribution in [3.8, 4) is 0 Å². The zero-order valence-corrected chi connectivity index (χ0v) is 13.9. The van der Waals surface area contributed by atoms with Gasteiger partial charge in [0.15, 0.2) is 0 Å². The van der Waals surface area contributed by atoms with Crippen molar-refractivity contribution in [1.82, 2.24) is 4.47 Å². The number of sulfonamides is 1. The third-order valence-corrected chi connectivity index (χ3v) is 4.40. The van der Waals surface area contributed by atoms with Crippen molar-refractivity contribution in [3.63, 3.8) is 0 Å². The third-order valence-electron chi connectivity index (χ3n) is 2.64. The average molecular weight is 315 g/mol. The molecule has 1 aromatic rings. The summed E-state index contributed by atoms with van der Waals surface area (Å²) in [5, 5.41) is 9.75. The molecule has 0 aliphatic heterocycles. The van der Waals surface area contributed by atoms with Crippen LogP contribution in [0.2, 0.25) is 0 Å². The van der Waals surface area contributed by atoms with E-state index in [1.54, 1.807) is 46.8 Å². The highest BCUT2D eigenvalue weighted by Gasteiger charge is 2.34. The summed E-state index contributed by atoms with van der Waals surface area (Å²) < 4.78 is 29.3. The van der Waals surface area contributed by atoms with Gasteiger partial charge in [0, 0.05) is 0 Å². The molecule has 0 aliphatic rings. The number of rotatable bonds is 2. The second-order valence-corrected chi connectivity index (χ2v) is 7.66. The highest BCUT2D eigenvalue weighted by atomic mass is 32.2. The fourth-order valence-corrected chi connectivity index (χ4v) is 3.40. The number of hydrogen-bond donors (Lipinski definition) is 1. The van der Waals surface area contributed by atoms with Gasteiger partial charge in [0.1, 0.15) is 5.60 Å². The number of amides is 1. The Labute approximate surface area is 125 Å². The van der Waals surface area contributed by atoms with Crippen LogP contribution in [0.5, 0.6) is 0 Å². The number of ether oxygens (including phenoxy) is 1. The first kappa shape index (κ1) is 17.5. The van der Waals surface area contributed by atoms with Gasteiger partial charge in [-0.3, -0.25) is 5.21 Å². The topological polar surface area (TPSA) is 83.9 Å². The molecule has 0 saturated heterocycles. The van der Waals surface area contributed by atoms with Crippen LogP contribution in [0, 0.1) is 20.8 Å². The molecule has 0 atom stereocenters. The van der Waals surface area contributed by atoms with E-state index in [1.807, 2.05) is 6.92 Å². The quantitative estimate of drug-likeness (QED) is 0.670. The smallest absolute Gasteiger partial charge is 0.441 e. The van der Waals surface area contributed by atoms with Gasteiger partial charge < -0.3 is 4.74 Å². The molecule has 118 valence electrons. The molecule has 0 aliphatic carbocycles. The molecule has 0 heterocycles. The molecule has 1 aromatic carbocycles. The van der Waals surface area contributed by atoms with Crippen molar-refractivity contribution < 1.29 is 23.2 Å². The number of carbonyl (C=O) groups excluding carboxylic acids is 1. The van der Waals surface area contributed by atoms with Crippen molar-refractivity contribution in [3.05, 3.63) is 28.8 Å². The van der Waals surface area contributed by atoms with E-state index in [2.05, 4.69) is 0 Å². The van der Waals surface area contributed by atoms with Gasteiger partial charge in [-0.05, 0) is 52.7 Å². The SMILES string of the molecule is Cc1cc(C)c(S(=O)(=O)N(O)C(=O)OC(C)(C)C)c(C)c1. The van der Waals surface area contributed by atoms with Gasteiger partial charge in [-0.15, -0.1) is 0 Å². The van der Waals surface area contributed by atoms with Gasteiger partial charge in [-0.1, -0.05) is 22.2 Å². The van der Waals surface area contributed by atoms with E-state index < -0.39 is 21.7 Å². The largest absolute Gasteiger partial charge is 0.449 e. The first-order valence-corrected chi connectivity index (χ1v) is 7.85. The summed E-state index contributed by atoms with van der Waals surface area (Å²) in [6.07, 6.45) is -1.33. The Morgan fingerprint density at radius 1 is 1.14 bits per heavy atom. The van der Waals surface area contributed by atoms with Crippen LogP contribution in [0.4, 0.5) is 4.79 Å². The lowest BCUT2D eigenvalue weighted by Crippen LogP contribution is -2.39. The minimum absolute atomic E-state index is 0.0959. The van der Waals surface area contributed by atoms with Crippen LogP contribution < -0.4 is 0 Å². The van der Waals surface area contributed by atoms with Crippen LogP contribution in [0.3, 0.4) is 0 Å². The van der Waals surface area contributed by atoms with Gasteiger partial charge in [-0.2, -0.15) is 8.42 Å². The minimum atomic E-state index is -4.37. The Morgan fingerprint density at radius 3 is 1.95 bits per heavy atom. The second-order valence-electron chi connectivity index (χ2n) is 5.96. The number of nitrogens with zero attached hydrogens (tertiary/aromatic N) is 1. The summed E-state index contributed by atoms with van der Waals surface area (Å²) in [6.45, 7) is 9.78. The monoisotopic (exact) mass is 315 g/mol. The molecule has 7 heteroatoms. The normalized spacial score (nSPS) is 12.1. The lowest BCUT2D eigenvalue weighted by molar-refractivity contribution is -0.0368. The van der Waals surface area contributed by atoms with Gasteiger partial charge in [-0.25, -0.2) is 4.79 Å². The maximum atomic E-state index is 12.4. The van der Waals surface area contributed by atoms with Crippen LogP contribution in [0.1, 0.15) is 37.5 Å². The molecule has 0 bridgehead atoms. The molecule has 21 heavy (non-hydrogen) atoms. The van der Waals surface area contributed by atoms with E-state index in [0.717, 1.165) is 5.56 Å². The average Bonchev–Trinajstić information content (AvgIpc) is 2.23. The van der Waals surface area contributed by atoms with E-state index in [-0.39, 0.29) is 9.36 Å². The predicted molar refractivity (Wildman–Crippen MR) is 77.7 cm³/mol. The predicted octanol–water partition coefficient (Wildman–Crippen LogP) is 2.93. The van der Waals surface area contributed by atoms with Crippen molar-refractivity contribution in [2.45, 2.75) is 52.0 Å². The Bertz CT molecular complexity index is 635. The first-order valence-electron chi connectivity index (χ1n) is 6.41. The van der Waals surface area contributed by atoms with E-state index in [4.69, 9.17) is 4.74 Å². The first-order chi connectivity index (χ1) is 9.36. The van der Waals surface area contributed by atoms with Crippen LogP contribution >= 0.6 is 0 Å². The zero-order valence-electron chi connectivity index (χ0n) is 13.1. The fraction of sp³-hybridized carbons (Fsp3) is 0.500. The van der Waals surface area contributed by atoms with E-state index in [0.29, 0.717) is 11.1 Å². The van der Waals surface area contributed by atoms with Crippen molar-refractivity contribution in [1.29, 1.82) is 0 Å². The Hall–Kier alpha value is -1.60. The fourth-order valence-electron chi connectivity index (χ4n) is 2.06. The molecule has 6 nitrogen and oxygen atoms in total. The van der Waals surface area contributed by atoms with Crippen LogP contribution in [-0.4, -0.2) is 29.8 Å². The van der Waals surface area contributed by atoms with Crippen molar-refractivity contribution >= 4 is 16.1 Å². The van der Waals surface area contributed by atoms with Gasteiger partial charge >= 0.3 is 6.09 Å².